The van der Waals surface area contributed by atoms with E-state index in [9.17, 15) is 19.2 Å². The summed E-state index contributed by atoms with van der Waals surface area (Å²) < 4.78 is 5.15. The molecule has 2 amide bonds. The van der Waals surface area contributed by atoms with Crippen molar-refractivity contribution in [3.05, 3.63) is 87.3 Å². The van der Waals surface area contributed by atoms with Gasteiger partial charge >= 0.3 is 5.97 Å². The Bertz CT molecular complexity index is 1220. The average molecular weight is 449 g/mol. The molecule has 0 saturated carbocycles. The van der Waals surface area contributed by atoms with Gasteiger partial charge in [0.25, 0.3) is 11.8 Å². The summed E-state index contributed by atoms with van der Waals surface area (Å²) in [5.74, 6) is -2.29. The van der Waals surface area contributed by atoms with Crippen molar-refractivity contribution in [1.82, 2.24) is 0 Å². The highest BCUT2D eigenvalue weighted by Gasteiger charge is 2.26. The number of amides is 2. The second kappa shape index (κ2) is 9.15. The van der Waals surface area contributed by atoms with Crippen LogP contribution >= 0.6 is 11.3 Å². The molecule has 0 fully saturated rings. The number of ether oxygens (including phenoxy) is 1. The van der Waals surface area contributed by atoms with Crippen molar-refractivity contribution < 1.29 is 23.9 Å². The lowest BCUT2D eigenvalue weighted by molar-refractivity contribution is -0.119. The van der Waals surface area contributed by atoms with Crippen LogP contribution in [-0.2, 0) is 22.4 Å². The molecular weight excluding hydrogens is 428 g/mol. The Hall–Kier alpha value is -3.78. The van der Waals surface area contributed by atoms with E-state index in [0.29, 0.717) is 16.1 Å². The smallest absolute Gasteiger partial charge is 0.339 e. The van der Waals surface area contributed by atoms with Crippen LogP contribution in [-0.4, -0.2) is 30.2 Å². The number of nitrogens with one attached hydrogen (secondary N) is 1. The van der Waals surface area contributed by atoms with Crippen LogP contribution in [0.2, 0.25) is 0 Å². The minimum absolute atomic E-state index is 0.0714. The van der Waals surface area contributed by atoms with Crippen molar-refractivity contribution in [1.29, 1.82) is 0 Å². The molecule has 0 bridgehead atoms. The van der Waals surface area contributed by atoms with E-state index in [0.717, 1.165) is 29.7 Å². The molecule has 0 unspecified atom stereocenters. The number of fused-ring (bicyclic) bond motifs is 1. The summed E-state index contributed by atoms with van der Waals surface area (Å²) >= 11 is 1.32. The zero-order valence-electron chi connectivity index (χ0n) is 17.1. The Morgan fingerprint density at radius 3 is 2.34 bits per heavy atom. The third-order valence-electron chi connectivity index (χ3n) is 5.18. The molecule has 0 saturated heterocycles. The van der Waals surface area contributed by atoms with Gasteiger partial charge in [-0.25, -0.2) is 4.79 Å². The third-order valence-corrected chi connectivity index (χ3v) is 6.39. The Morgan fingerprint density at radius 2 is 1.62 bits per heavy atom. The van der Waals surface area contributed by atoms with Crippen molar-refractivity contribution in [2.75, 3.05) is 11.9 Å². The van der Waals surface area contributed by atoms with Crippen LogP contribution in [0.3, 0.4) is 0 Å². The first-order chi connectivity index (χ1) is 15.5. The molecule has 7 nitrogen and oxygen atoms in total. The van der Waals surface area contributed by atoms with Gasteiger partial charge in [0.15, 0.2) is 12.4 Å². The molecule has 3 aromatic rings. The van der Waals surface area contributed by atoms with Gasteiger partial charge in [-0.3, -0.25) is 14.4 Å². The summed E-state index contributed by atoms with van der Waals surface area (Å²) in [7, 11) is 0. The maximum Gasteiger partial charge on any atom is 0.339 e. The number of ketones is 1. The van der Waals surface area contributed by atoms with Crippen LogP contribution in [0.4, 0.5) is 5.00 Å². The first-order valence-electron chi connectivity index (χ1n) is 10.1. The highest BCUT2D eigenvalue weighted by Crippen LogP contribution is 2.38. The quantitative estimate of drug-likeness (QED) is 0.425. The van der Waals surface area contributed by atoms with Gasteiger partial charge < -0.3 is 15.8 Å². The van der Waals surface area contributed by atoms with Crippen molar-refractivity contribution in [2.24, 2.45) is 5.73 Å². The number of aryl methyl sites for hydroxylation is 1. The summed E-state index contributed by atoms with van der Waals surface area (Å²) in [5, 5.41) is 3.00. The van der Waals surface area contributed by atoms with Crippen molar-refractivity contribution >= 4 is 39.9 Å². The standard InChI is InChI=1S/C24H20N2O5S/c25-22(29)20-17-11-6-12-18(17)32-23(20)26-19(27)13-31-24(30)16-10-5-4-9-15(16)21(28)14-7-2-1-3-8-14/h1-5,7-10H,6,11-13H2,(H2,25,29)(H,26,27). The van der Waals surface area contributed by atoms with E-state index in [4.69, 9.17) is 10.5 Å². The summed E-state index contributed by atoms with van der Waals surface area (Å²) in [5.41, 5.74) is 7.43. The van der Waals surface area contributed by atoms with Gasteiger partial charge in [-0.1, -0.05) is 48.5 Å². The molecule has 0 spiro atoms. The van der Waals surface area contributed by atoms with E-state index >= 15 is 0 Å². The topological polar surface area (TPSA) is 116 Å². The third kappa shape index (κ3) is 4.31. The molecule has 2 aromatic carbocycles. The Balaban J connectivity index is 1.45. The average Bonchev–Trinajstić information content (AvgIpc) is 3.38. The molecule has 162 valence electrons. The molecule has 4 rings (SSSR count). The van der Waals surface area contributed by atoms with Gasteiger partial charge in [0.05, 0.1) is 11.1 Å². The van der Waals surface area contributed by atoms with Crippen LogP contribution in [0.1, 0.15) is 53.5 Å². The second-order valence-corrected chi connectivity index (χ2v) is 8.40. The van der Waals surface area contributed by atoms with E-state index < -0.39 is 24.4 Å². The normalized spacial score (nSPS) is 12.1. The summed E-state index contributed by atoms with van der Waals surface area (Å²) in [6, 6.07) is 14.9. The fourth-order valence-electron chi connectivity index (χ4n) is 3.73. The molecule has 1 heterocycles. The fraction of sp³-hybridized carbons (Fsp3) is 0.167. The Labute approximate surface area is 188 Å². The molecule has 1 aliphatic rings. The molecular formula is C24H20N2O5S. The minimum atomic E-state index is -0.788. The largest absolute Gasteiger partial charge is 0.452 e. The summed E-state index contributed by atoms with van der Waals surface area (Å²) in [4.78, 5) is 50.7. The number of thiophene rings is 1. The monoisotopic (exact) mass is 448 g/mol. The van der Waals surface area contributed by atoms with Gasteiger partial charge in [0.1, 0.15) is 5.00 Å². The van der Waals surface area contributed by atoms with E-state index in [2.05, 4.69) is 5.32 Å². The minimum Gasteiger partial charge on any atom is -0.452 e. The molecule has 0 aliphatic heterocycles. The SMILES string of the molecule is NC(=O)c1c(NC(=O)COC(=O)c2ccccc2C(=O)c2ccccc2)sc2c1CCC2. The van der Waals surface area contributed by atoms with Gasteiger partial charge in [0, 0.05) is 16.0 Å². The predicted molar refractivity (Wildman–Crippen MR) is 120 cm³/mol. The number of primary amides is 1. The van der Waals surface area contributed by atoms with Crippen LogP contribution < -0.4 is 11.1 Å². The molecule has 1 aromatic heterocycles. The van der Waals surface area contributed by atoms with Crippen LogP contribution in [0.25, 0.3) is 0 Å². The molecule has 8 heteroatoms. The number of esters is 1. The number of hydrogen-bond donors (Lipinski definition) is 2. The van der Waals surface area contributed by atoms with E-state index in [1.807, 2.05) is 0 Å². The maximum atomic E-state index is 12.8. The molecule has 0 radical (unpaired) electrons. The van der Waals surface area contributed by atoms with Gasteiger partial charge in [-0.05, 0) is 30.9 Å². The van der Waals surface area contributed by atoms with Crippen LogP contribution in [0, 0.1) is 0 Å². The number of carbonyl (C=O) groups is 4. The zero-order valence-corrected chi connectivity index (χ0v) is 17.9. The fourth-order valence-corrected chi connectivity index (χ4v) is 5.04. The number of rotatable bonds is 7. The van der Waals surface area contributed by atoms with Crippen molar-refractivity contribution in [3.8, 4) is 0 Å². The number of carbonyl (C=O) groups excluding carboxylic acids is 4. The predicted octanol–water partition coefficient (Wildman–Crippen LogP) is 3.36. The van der Waals surface area contributed by atoms with E-state index in [1.54, 1.807) is 42.5 Å². The number of hydrogen-bond acceptors (Lipinski definition) is 6. The van der Waals surface area contributed by atoms with E-state index in [-0.39, 0.29) is 16.9 Å². The highest BCUT2D eigenvalue weighted by atomic mass is 32.1. The zero-order chi connectivity index (χ0) is 22.7. The lowest BCUT2D eigenvalue weighted by Gasteiger charge is -2.10. The number of anilines is 1. The Kier molecular flexibility index (Phi) is 6.13. The molecule has 0 atom stereocenters. The first kappa shape index (κ1) is 21.5. The Morgan fingerprint density at radius 1 is 0.938 bits per heavy atom. The maximum absolute atomic E-state index is 12.8. The molecule has 32 heavy (non-hydrogen) atoms. The second-order valence-electron chi connectivity index (χ2n) is 7.29. The highest BCUT2D eigenvalue weighted by molar-refractivity contribution is 7.17. The summed E-state index contributed by atoms with van der Waals surface area (Å²) in [6.07, 6.45) is 2.55. The van der Waals surface area contributed by atoms with Crippen LogP contribution in [0.15, 0.2) is 54.6 Å². The lowest BCUT2D eigenvalue weighted by atomic mass is 9.98. The van der Waals surface area contributed by atoms with Crippen molar-refractivity contribution in [2.45, 2.75) is 19.3 Å². The van der Waals surface area contributed by atoms with Crippen molar-refractivity contribution in [3.63, 3.8) is 0 Å². The van der Waals surface area contributed by atoms with E-state index in [1.165, 1.54) is 23.5 Å². The lowest BCUT2D eigenvalue weighted by Crippen LogP contribution is -2.23. The first-order valence-corrected chi connectivity index (χ1v) is 10.9. The molecule has 1 aliphatic carbocycles. The summed E-state index contributed by atoms with van der Waals surface area (Å²) in [6.45, 7) is -0.562. The van der Waals surface area contributed by atoms with Gasteiger partial charge in [-0.2, -0.15) is 0 Å². The van der Waals surface area contributed by atoms with Crippen LogP contribution in [0.5, 0.6) is 0 Å². The number of nitrogens with two attached hydrogens (primary N) is 1. The van der Waals surface area contributed by atoms with Gasteiger partial charge in [-0.15, -0.1) is 11.3 Å². The van der Waals surface area contributed by atoms with Gasteiger partial charge in [0.2, 0.25) is 0 Å². The molecule has 3 N–H and O–H groups in total. The number of benzene rings is 2.